The molecule has 0 unspecified atom stereocenters. The highest BCUT2D eigenvalue weighted by molar-refractivity contribution is 14.0. The monoisotopic (exact) mass is 545 g/mol. The van der Waals surface area contributed by atoms with Crippen molar-refractivity contribution in [3.8, 4) is 0 Å². The van der Waals surface area contributed by atoms with Gasteiger partial charge in [-0.2, -0.15) is 4.31 Å². The average Bonchev–Trinajstić information content (AvgIpc) is 3.03. The van der Waals surface area contributed by atoms with E-state index in [-0.39, 0.29) is 42.4 Å². The number of aliphatic imine (C=N–C) groups is 1. The summed E-state index contributed by atoms with van der Waals surface area (Å²) >= 11 is 1.61. The quantitative estimate of drug-likeness (QED) is 0.305. The number of guanidine groups is 1. The summed E-state index contributed by atoms with van der Waals surface area (Å²) in [6.07, 6.45) is 0.0399. The van der Waals surface area contributed by atoms with Crippen molar-refractivity contribution in [1.82, 2.24) is 19.5 Å². The van der Waals surface area contributed by atoms with Gasteiger partial charge in [-0.15, -0.1) is 35.3 Å². The summed E-state index contributed by atoms with van der Waals surface area (Å²) in [6.45, 7) is 11.6. The molecule has 28 heavy (non-hydrogen) atoms. The maximum Gasteiger partial charge on any atom is 0.216 e. The van der Waals surface area contributed by atoms with Crippen LogP contribution in [0.1, 0.15) is 31.3 Å². The summed E-state index contributed by atoms with van der Waals surface area (Å²) in [7, 11) is -3.28. The molecule has 1 fully saturated rings. The van der Waals surface area contributed by atoms with Gasteiger partial charge in [0.1, 0.15) is 0 Å². The molecule has 0 atom stereocenters. The van der Waals surface area contributed by atoms with Gasteiger partial charge in [0.25, 0.3) is 0 Å². The van der Waals surface area contributed by atoms with Crippen LogP contribution >= 0.6 is 35.3 Å². The summed E-state index contributed by atoms with van der Waals surface area (Å²) in [5.74, 6) is 0.856. The van der Waals surface area contributed by atoms with Crippen LogP contribution < -0.4 is 5.32 Å². The normalized spacial score (nSPS) is 16.3. The molecule has 0 aromatic carbocycles. The van der Waals surface area contributed by atoms with Crippen molar-refractivity contribution >= 4 is 51.3 Å². The molecule has 0 saturated carbocycles. The van der Waals surface area contributed by atoms with E-state index in [1.54, 1.807) is 15.6 Å². The fourth-order valence-corrected chi connectivity index (χ4v) is 4.73. The van der Waals surface area contributed by atoms with Crippen molar-refractivity contribution < 1.29 is 13.2 Å². The Morgan fingerprint density at radius 2 is 2.04 bits per heavy atom. The Labute approximate surface area is 189 Å². The first-order chi connectivity index (χ1) is 12.8. The third-order valence-corrected chi connectivity index (χ3v) is 7.03. The standard InChI is InChI=1S/C17H31N5O3S2.HI/c1-5-18-17(19-12-16-15(4)20-13-26-16)21-6-8-22(9-7-21)27(23,24)11-10-25-14(2)3;/h13-14H,5-12H2,1-4H3,(H,18,19);1H. The third kappa shape index (κ3) is 7.73. The Morgan fingerprint density at radius 3 is 2.57 bits per heavy atom. The lowest BCUT2D eigenvalue weighted by Crippen LogP contribution is -2.54. The maximum atomic E-state index is 12.5. The summed E-state index contributed by atoms with van der Waals surface area (Å²) in [6, 6.07) is 0. The van der Waals surface area contributed by atoms with E-state index in [1.165, 1.54) is 0 Å². The molecular formula is C17H32IN5O3S2. The van der Waals surface area contributed by atoms with Crippen molar-refractivity contribution in [2.75, 3.05) is 45.1 Å². The molecular weight excluding hydrogens is 513 g/mol. The van der Waals surface area contributed by atoms with Gasteiger partial charge >= 0.3 is 0 Å². The molecule has 1 N–H and O–H groups in total. The van der Waals surface area contributed by atoms with Gasteiger partial charge in [-0.25, -0.2) is 18.4 Å². The minimum atomic E-state index is -3.28. The fourth-order valence-electron chi connectivity index (χ4n) is 2.75. The maximum absolute atomic E-state index is 12.5. The molecule has 0 aliphatic carbocycles. The molecule has 0 radical (unpaired) electrons. The molecule has 8 nitrogen and oxygen atoms in total. The zero-order chi connectivity index (χ0) is 19.9. The number of piperazine rings is 1. The summed E-state index contributed by atoms with van der Waals surface area (Å²) in [5.41, 5.74) is 2.85. The second kappa shape index (κ2) is 12.3. The summed E-state index contributed by atoms with van der Waals surface area (Å²) in [4.78, 5) is 12.2. The predicted molar refractivity (Wildman–Crippen MR) is 125 cm³/mol. The van der Waals surface area contributed by atoms with E-state index in [1.807, 2.05) is 33.2 Å². The zero-order valence-electron chi connectivity index (χ0n) is 17.0. The summed E-state index contributed by atoms with van der Waals surface area (Å²) in [5, 5.41) is 3.31. The number of nitrogens with zero attached hydrogens (tertiary/aromatic N) is 4. The highest BCUT2D eigenvalue weighted by atomic mass is 127. The highest BCUT2D eigenvalue weighted by Gasteiger charge is 2.28. The number of rotatable bonds is 8. The van der Waals surface area contributed by atoms with Crippen LogP contribution in [0.15, 0.2) is 10.5 Å². The van der Waals surface area contributed by atoms with Crippen LogP contribution in [0.5, 0.6) is 0 Å². The average molecular weight is 546 g/mol. The fraction of sp³-hybridized carbons (Fsp3) is 0.765. The molecule has 0 bridgehead atoms. The number of hydrogen-bond donors (Lipinski definition) is 1. The Balaban J connectivity index is 0.00000392. The van der Waals surface area contributed by atoms with E-state index in [0.717, 1.165) is 23.1 Å². The molecule has 1 aromatic heterocycles. The van der Waals surface area contributed by atoms with Gasteiger partial charge in [0.2, 0.25) is 10.0 Å². The second-order valence-electron chi connectivity index (χ2n) is 6.65. The number of nitrogens with one attached hydrogen (secondary N) is 1. The Kier molecular flexibility index (Phi) is 11.2. The van der Waals surface area contributed by atoms with E-state index in [9.17, 15) is 8.42 Å². The number of hydrogen-bond acceptors (Lipinski definition) is 6. The lowest BCUT2D eigenvalue weighted by Gasteiger charge is -2.35. The topological polar surface area (TPSA) is 87.1 Å². The number of ether oxygens (including phenoxy) is 1. The Hall–Kier alpha value is -0.500. The van der Waals surface area contributed by atoms with Gasteiger partial charge in [0.05, 0.1) is 36.2 Å². The van der Waals surface area contributed by atoms with E-state index in [0.29, 0.717) is 32.7 Å². The molecule has 0 amide bonds. The molecule has 11 heteroatoms. The SMILES string of the molecule is CCNC(=NCc1scnc1C)N1CCN(S(=O)(=O)CCOC(C)C)CC1.I. The van der Waals surface area contributed by atoms with Crippen LogP contribution in [0, 0.1) is 6.92 Å². The van der Waals surface area contributed by atoms with E-state index in [2.05, 4.69) is 15.2 Å². The molecule has 1 aliphatic rings. The second-order valence-corrected chi connectivity index (χ2v) is 9.68. The number of aromatic nitrogens is 1. The summed E-state index contributed by atoms with van der Waals surface area (Å²) < 4.78 is 31.9. The predicted octanol–water partition coefficient (Wildman–Crippen LogP) is 1.91. The minimum absolute atomic E-state index is 0. The van der Waals surface area contributed by atoms with Gasteiger partial charge in [-0.3, -0.25) is 0 Å². The number of sulfonamides is 1. The molecule has 2 heterocycles. The van der Waals surface area contributed by atoms with Crippen molar-refractivity contribution in [1.29, 1.82) is 0 Å². The van der Waals surface area contributed by atoms with E-state index >= 15 is 0 Å². The van der Waals surface area contributed by atoms with Crippen LogP contribution in [0.25, 0.3) is 0 Å². The third-order valence-electron chi connectivity index (χ3n) is 4.28. The van der Waals surface area contributed by atoms with E-state index in [4.69, 9.17) is 9.73 Å². The van der Waals surface area contributed by atoms with Crippen LogP contribution in [-0.4, -0.2) is 79.8 Å². The molecule has 1 aliphatic heterocycles. The smallest absolute Gasteiger partial charge is 0.216 e. The molecule has 1 aromatic rings. The molecule has 0 spiro atoms. The van der Waals surface area contributed by atoms with Crippen LogP contribution in [0.3, 0.4) is 0 Å². The van der Waals surface area contributed by atoms with Gasteiger partial charge in [0, 0.05) is 37.6 Å². The van der Waals surface area contributed by atoms with E-state index < -0.39 is 10.0 Å². The first-order valence-corrected chi connectivity index (χ1v) is 11.8. The van der Waals surface area contributed by atoms with Crippen LogP contribution in [0.2, 0.25) is 0 Å². The largest absolute Gasteiger partial charge is 0.378 e. The first kappa shape index (κ1) is 25.5. The lowest BCUT2D eigenvalue weighted by molar-refractivity contribution is 0.0904. The molecule has 162 valence electrons. The molecule has 2 rings (SSSR count). The Morgan fingerprint density at radius 1 is 1.36 bits per heavy atom. The highest BCUT2D eigenvalue weighted by Crippen LogP contribution is 2.14. The van der Waals surface area contributed by atoms with Crippen molar-refractivity contribution in [2.45, 2.75) is 40.3 Å². The van der Waals surface area contributed by atoms with Crippen molar-refractivity contribution in [3.63, 3.8) is 0 Å². The first-order valence-electron chi connectivity index (χ1n) is 9.35. The van der Waals surface area contributed by atoms with Gasteiger partial charge in [-0.1, -0.05) is 0 Å². The lowest BCUT2D eigenvalue weighted by atomic mass is 10.4. The number of aryl methyl sites for hydroxylation is 1. The van der Waals surface area contributed by atoms with Crippen LogP contribution in [-0.2, 0) is 21.3 Å². The van der Waals surface area contributed by atoms with Crippen molar-refractivity contribution in [2.24, 2.45) is 4.99 Å². The van der Waals surface area contributed by atoms with Crippen LogP contribution in [0.4, 0.5) is 0 Å². The van der Waals surface area contributed by atoms with Crippen molar-refractivity contribution in [3.05, 3.63) is 16.1 Å². The van der Waals surface area contributed by atoms with Gasteiger partial charge in [0.15, 0.2) is 5.96 Å². The van der Waals surface area contributed by atoms with Gasteiger partial charge in [-0.05, 0) is 27.7 Å². The number of thiazole rings is 1. The number of halogens is 1. The van der Waals surface area contributed by atoms with Gasteiger partial charge < -0.3 is 15.0 Å². The molecule has 1 saturated heterocycles. The minimum Gasteiger partial charge on any atom is -0.378 e. The zero-order valence-corrected chi connectivity index (χ0v) is 21.0. The Bertz CT molecular complexity index is 716.